The van der Waals surface area contributed by atoms with Crippen LogP contribution in [-0.4, -0.2) is 34.4 Å². The number of nitrogens with zero attached hydrogens (tertiary/aromatic N) is 4. The Morgan fingerprint density at radius 1 is 1.12 bits per heavy atom. The molecule has 0 saturated carbocycles. The smallest absolute Gasteiger partial charge is 0.206 e. The molecule has 3 rings (SSSR count). The summed E-state index contributed by atoms with van der Waals surface area (Å²) in [4.78, 5) is 1.49. The summed E-state index contributed by atoms with van der Waals surface area (Å²) >= 11 is 9.61. The van der Waals surface area contributed by atoms with Gasteiger partial charge in [0.05, 0.1) is 30.3 Å². The van der Waals surface area contributed by atoms with Gasteiger partial charge < -0.3 is 9.47 Å². The second-order valence-corrected chi connectivity index (χ2v) is 6.18. The van der Waals surface area contributed by atoms with Crippen LogP contribution < -0.4 is 9.47 Å². The van der Waals surface area contributed by atoms with Gasteiger partial charge in [-0.05, 0) is 45.4 Å². The molecule has 2 aromatic carbocycles. The van der Waals surface area contributed by atoms with E-state index in [2.05, 4.69) is 31.3 Å². The van der Waals surface area contributed by atoms with Gasteiger partial charge in [-0.15, -0.1) is 10.2 Å². The number of methoxy groups -OCH3 is 2. The minimum absolute atomic E-state index is 0.393. The molecule has 124 valence electrons. The van der Waals surface area contributed by atoms with E-state index in [9.17, 15) is 0 Å². The Labute approximate surface area is 152 Å². The molecule has 1 aromatic heterocycles. The lowest BCUT2D eigenvalue weighted by molar-refractivity contribution is 0.393. The van der Waals surface area contributed by atoms with Gasteiger partial charge in [0.15, 0.2) is 0 Å². The molecule has 0 saturated heterocycles. The number of halogens is 2. The third-order valence-corrected chi connectivity index (χ3v) is 4.38. The molecule has 0 N–H and O–H groups in total. The summed E-state index contributed by atoms with van der Waals surface area (Å²) < 4.78 is 11.6. The maximum atomic E-state index is 6.17. The van der Waals surface area contributed by atoms with E-state index in [4.69, 9.17) is 21.1 Å². The molecule has 1 heterocycles. The highest BCUT2D eigenvalue weighted by Crippen LogP contribution is 2.33. The van der Waals surface area contributed by atoms with E-state index in [1.807, 2.05) is 30.3 Å². The summed E-state index contributed by atoms with van der Waals surface area (Å²) in [7, 11) is 3.22. The van der Waals surface area contributed by atoms with Gasteiger partial charge in [-0.1, -0.05) is 23.7 Å². The van der Waals surface area contributed by atoms with Crippen LogP contribution in [-0.2, 0) is 6.54 Å². The zero-order valence-electron chi connectivity index (χ0n) is 13.0. The quantitative estimate of drug-likeness (QED) is 0.641. The van der Waals surface area contributed by atoms with E-state index < -0.39 is 0 Å². The molecule has 6 nitrogen and oxygen atoms in total. The SMILES string of the molecule is COc1cc(Cn2nnc(-c3ccccc3Cl)n2)c(OC)cc1Br. The Morgan fingerprint density at radius 2 is 1.88 bits per heavy atom. The highest BCUT2D eigenvalue weighted by Gasteiger charge is 2.13. The highest BCUT2D eigenvalue weighted by molar-refractivity contribution is 9.10. The average Bonchev–Trinajstić information content (AvgIpc) is 3.04. The zero-order chi connectivity index (χ0) is 17.1. The number of rotatable bonds is 5. The summed E-state index contributed by atoms with van der Waals surface area (Å²) in [5, 5.41) is 13.1. The Morgan fingerprint density at radius 3 is 2.58 bits per heavy atom. The first-order chi connectivity index (χ1) is 11.6. The number of aromatic nitrogens is 4. The molecule has 0 radical (unpaired) electrons. The van der Waals surface area contributed by atoms with Crippen LogP contribution in [0.3, 0.4) is 0 Å². The second kappa shape index (κ2) is 7.19. The standard InChI is InChI=1S/C16H14BrClN4O2/c1-23-14-8-12(17)15(24-2)7-10(14)9-22-20-16(19-21-22)11-5-3-4-6-13(11)18/h3-8H,9H2,1-2H3. The van der Waals surface area contributed by atoms with Crippen molar-refractivity contribution in [2.24, 2.45) is 0 Å². The fourth-order valence-electron chi connectivity index (χ4n) is 2.26. The van der Waals surface area contributed by atoms with Crippen molar-refractivity contribution < 1.29 is 9.47 Å². The maximum absolute atomic E-state index is 6.17. The molecule has 0 unspecified atom stereocenters. The highest BCUT2D eigenvalue weighted by atomic mass is 79.9. The third-order valence-electron chi connectivity index (χ3n) is 3.43. The molecular formula is C16H14BrClN4O2. The van der Waals surface area contributed by atoms with E-state index in [0.717, 1.165) is 15.6 Å². The third kappa shape index (κ3) is 3.37. The Bertz CT molecular complexity index is 869. The second-order valence-electron chi connectivity index (χ2n) is 4.92. The molecule has 0 spiro atoms. The van der Waals surface area contributed by atoms with Gasteiger partial charge in [-0.2, -0.15) is 4.80 Å². The van der Waals surface area contributed by atoms with Crippen LogP contribution in [0.1, 0.15) is 5.56 Å². The monoisotopic (exact) mass is 408 g/mol. The largest absolute Gasteiger partial charge is 0.496 e. The lowest BCUT2D eigenvalue weighted by atomic mass is 10.2. The lowest BCUT2D eigenvalue weighted by Crippen LogP contribution is -2.06. The molecule has 0 atom stereocenters. The van der Waals surface area contributed by atoms with Crippen molar-refractivity contribution in [3.05, 3.63) is 51.5 Å². The lowest BCUT2D eigenvalue weighted by Gasteiger charge is -2.11. The van der Waals surface area contributed by atoms with Crippen molar-refractivity contribution >= 4 is 27.5 Å². The van der Waals surface area contributed by atoms with Crippen molar-refractivity contribution in [2.75, 3.05) is 14.2 Å². The van der Waals surface area contributed by atoms with Crippen LogP contribution in [0.2, 0.25) is 5.02 Å². The van der Waals surface area contributed by atoms with Gasteiger partial charge in [0.1, 0.15) is 11.5 Å². The van der Waals surface area contributed by atoms with Gasteiger partial charge in [0.25, 0.3) is 0 Å². The van der Waals surface area contributed by atoms with E-state index in [1.54, 1.807) is 20.3 Å². The predicted molar refractivity (Wildman–Crippen MR) is 94.6 cm³/mol. The van der Waals surface area contributed by atoms with E-state index in [-0.39, 0.29) is 0 Å². The molecule has 8 heteroatoms. The van der Waals surface area contributed by atoms with Crippen LogP contribution in [0, 0.1) is 0 Å². The van der Waals surface area contributed by atoms with Crippen molar-refractivity contribution in [2.45, 2.75) is 6.54 Å². The first-order valence-electron chi connectivity index (χ1n) is 7.05. The zero-order valence-corrected chi connectivity index (χ0v) is 15.4. The summed E-state index contributed by atoms with van der Waals surface area (Å²) in [5.74, 6) is 1.89. The normalized spacial score (nSPS) is 10.7. The van der Waals surface area contributed by atoms with Crippen LogP contribution in [0.5, 0.6) is 11.5 Å². The average molecular weight is 410 g/mol. The summed E-state index contributed by atoms with van der Waals surface area (Å²) in [6.45, 7) is 0.393. The minimum atomic E-state index is 0.393. The van der Waals surface area contributed by atoms with Gasteiger partial charge in [-0.25, -0.2) is 0 Å². The van der Waals surface area contributed by atoms with Crippen LogP contribution in [0.15, 0.2) is 40.9 Å². The number of benzene rings is 2. The molecule has 0 aliphatic rings. The Hall–Kier alpha value is -2.12. The Balaban J connectivity index is 1.91. The number of tetrazole rings is 1. The fraction of sp³-hybridized carbons (Fsp3) is 0.188. The van der Waals surface area contributed by atoms with Crippen molar-refractivity contribution in [1.29, 1.82) is 0 Å². The molecule has 0 fully saturated rings. The topological polar surface area (TPSA) is 62.1 Å². The van der Waals surface area contributed by atoms with Crippen LogP contribution in [0.25, 0.3) is 11.4 Å². The molecule has 0 amide bonds. The molecular weight excluding hydrogens is 396 g/mol. The number of ether oxygens (including phenoxy) is 2. The summed E-state index contributed by atoms with van der Waals surface area (Å²) in [6.07, 6.45) is 0. The van der Waals surface area contributed by atoms with Crippen LogP contribution in [0.4, 0.5) is 0 Å². The first-order valence-corrected chi connectivity index (χ1v) is 8.22. The van der Waals surface area contributed by atoms with Crippen LogP contribution >= 0.6 is 27.5 Å². The summed E-state index contributed by atoms with van der Waals surface area (Å²) in [5.41, 5.74) is 1.62. The van der Waals surface area contributed by atoms with E-state index >= 15 is 0 Å². The van der Waals surface area contributed by atoms with E-state index in [1.165, 1.54) is 4.80 Å². The van der Waals surface area contributed by atoms with Gasteiger partial charge in [0.2, 0.25) is 5.82 Å². The van der Waals surface area contributed by atoms with E-state index in [0.29, 0.717) is 28.9 Å². The molecule has 0 aliphatic heterocycles. The Kier molecular flexibility index (Phi) is 5.01. The van der Waals surface area contributed by atoms with Crippen molar-refractivity contribution in [3.63, 3.8) is 0 Å². The molecule has 0 bridgehead atoms. The van der Waals surface area contributed by atoms with Gasteiger partial charge in [-0.3, -0.25) is 0 Å². The number of hydrogen-bond donors (Lipinski definition) is 0. The maximum Gasteiger partial charge on any atom is 0.206 e. The molecule has 3 aromatic rings. The van der Waals surface area contributed by atoms with Gasteiger partial charge in [0, 0.05) is 11.1 Å². The van der Waals surface area contributed by atoms with Gasteiger partial charge >= 0.3 is 0 Å². The number of hydrogen-bond acceptors (Lipinski definition) is 5. The summed E-state index contributed by atoms with van der Waals surface area (Å²) in [6, 6.07) is 11.1. The van der Waals surface area contributed by atoms with Crippen molar-refractivity contribution in [3.8, 4) is 22.9 Å². The first kappa shape index (κ1) is 16.7. The molecule has 24 heavy (non-hydrogen) atoms. The fourth-order valence-corrected chi connectivity index (χ4v) is 2.96. The molecule has 0 aliphatic carbocycles. The minimum Gasteiger partial charge on any atom is -0.496 e. The van der Waals surface area contributed by atoms with Crippen molar-refractivity contribution in [1.82, 2.24) is 20.2 Å². The predicted octanol–water partition coefficient (Wildman–Crippen LogP) is 3.82.